The maximum absolute atomic E-state index is 6.50. The van der Waals surface area contributed by atoms with Crippen molar-refractivity contribution in [1.29, 1.82) is 0 Å². The van der Waals surface area contributed by atoms with Gasteiger partial charge in [-0.05, 0) is 144 Å². The first-order chi connectivity index (χ1) is 37.8. The van der Waals surface area contributed by atoms with E-state index < -0.39 is 0 Å². The standard InChI is InChI=1S/C37H56O4.C33H40O4/c1-7-11-15-27-19-31(20-28(16-12-8-2)35(27)40-25-33-23-38-33)37(5,6)32-21-29(17-13-9-3)36(41-26-34-24-39-34)30(22-32)18-14-10-4;1-7-11-23-15-27(16-24(12-8-2)31(23)36-21-29-19-34-29)33(5,6)28-17-25(13-9-3)32(26(18-28)14-10-4)37-22-30-20-35-30/h19-22,33-34H,7-18,23-26H2,1-6H3;7-10,15-18,29-30H,1-4,11-14,19-22H2,5-6H3. The van der Waals surface area contributed by atoms with Crippen molar-refractivity contribution < 1.29 is 37.9 Å². The Morgan fingerprint density at radius 1 is 0.372 bits per heavy atom. The van der Waals surface area contributed by atoms with Gasteiger partial charge in [-0.1, -0.05) is 154 Å². The van der Waals surface area contributed by atoms with Crippen LogP contribution in [0.15, 0.2) is 99.2 Å². The molecule has 0 saturated carbocycles. The van der Waals surface area contributed by atoms with E-state index in [9.17, 15) is 0 Å². The summed E-state index contributed by atoms with van der Waals surface area (Å²) in [4.78, 5) is 0. The summed E-state index contributed by atoms with van der Waals surface area (Å²) in [6.45, 7) is 40.1. The van der Waals surface area contributed by atoms with E-state index in [1.54, 1.807) is 0 Å². The van der Waals surface area contributed by atoms with E-state index in [-0.39, 0.29) is 35.2 Å². The predicted molar refractivity (Wildman–Crippen MR) is 321 cm³/mol. The van der Waals surface area contributed by atoms with Crippen LogP contribution in [-0.4, -0.2) is 77.3 Å². The topological polar surface area (TPSA) is 87.0 Å². The van der Waals surface area contributed by atoms with Crippen LogP contribution in [0, 0.1) is 0 Å². The molecule has 4 heterocycles. The molecular weight excluding hydrogens is 969 g/mol. The number of unbranched alkanes of at least 4 members (excludes halogenated alkanes) is 4. The Morgan fingerprint density at radius 2 is 0.564 bits per heavy atom. The Bertz CT molecular complexity index is 2310. The first kappa shape index (κ1) is 60.5. The molecule has 8 heteroatoms. The highest BCUT2D eigenvalue weighted by Crippen LogP contribution is 2.43. The van der Waals surface area contributed by atoms with Crippen molar-refractivity contribution in [3.63, 3.8) is 0 Å². The third kappa shape index (κ3) is 17.0. The molecule has 0 aliphatic carbocycles. The lowest BCUT2D eigenvalue weighted by molar-refractivity contribution is 0.258. The van der Waals surface area contributed by atoms with Gasteiger partial charge in [0.25, 0.3) is 0 Å². The van der Waals surface area contributed by atoms with Crippen molar-refractivity contribution in [2.45, 2.75) is 193 Å². The van der Waals surface area contributed by atoms with E-state index in [2.05, 4.69) is 130 Å². The third-order valence-corrected chi connectivity index (χ3v) is 15.8. The van der Waals surface area contributed by atoms with Gasteiger partial charge in [0.05, 0.1) is 26.4 Å². The van der Waals surface area contributed by atoms with Gasteiger partial charge in [0.2, 0.25) is 0 Å². The van der Waals surface area contributed by atoms with Gasteiger partial charge in [-0.25, -0.2) is 0 Å². The van der Waals surface area contributed by atoms with Crippen LogP contribution in [0.3, 0.4) is 0 Å². The lowest BCUT2D eigenvalue weighted by Gasteiger charge is -2.31. The molecule has 0 aromatic heterocycles. The average molecular weight is 1070 g/mol. The smallest absolute Gasteiger partial charge is 0.126 e. The number of hydrogen-bond acceptors (Lipinski definition) is 8. The van der Waals surface area contributed by atoms with Gasteiger partial charge < -0.3 is 37.9 Å². The lowest BCUT2D eigenvalue weighted by Crippen LogP contribution is -2.22. The van der Waals surface area contributed by atoms with Crippen LogP contribution >= 0.6 is 0 Å². The first-order valence-corrected chi connectivity index (χ1v) is 29.9. The molecule has 0 radical (unpaired) electrons. The van der Waals surface area contributed by atoms with Gasteiger partial charge in [-0.2, -0.15) is 0 Å². The molecule has 4 aliphatic rings. The zero-order valence-electron chi connectivity index (χ0n) is 49.3. The SMILES string of the molecule is C=CCc1cc(C(C)(C)c2cc(CC=C)c(OCC3CO3)c(CC=C)c2)cc(CC=C)c1OCC1CO1.CCCCc1cc(C(C)(C)c2cc(CCCC)c(OCC3CO3)c(CCCC)c2)cc(CCCC)c1OCC1CO1. The second-order valence-electron chi connectivity index (χ2n) is 23.2. The number of benzene rings is 4. The van der Waals surface area contributed by atoms with Gasteiger partial charge in [-0.3, -0.25) is 0 Å². The van der Waals surface area contributed by atoms with E-state index in [1.807, 2.05) is 24.3 Å². The molecule has 8 nitrogen and oxygen atoms in total. The number of ether oxygens (including phenoxy) is 8. The number of hydrogen-bond donors (Lipinski definition) is 0. The molecule has 0 bridgehead atoms. The normalized spacial score (nSPS) is 18.1. The largest absolute Gasteiger partial charge is 0.490 e. The highest BCUT2D eigenvalue weighted by Gasteiger charge is 2.33. The van der Waals surface area contributed by atoms with E-state index in [0.29, 0.717) is 26.4 Å². The molecule has 8 rings (SSSR count). The minimum Gasteiger partial charge on any atom is -0.490 e. The van der Waals surface area contributed by atoms with Crippen LogP contribution in [0.1, 0.15) is 174 Å². The predicted octanol–water partition coefficient (Wildman–Crippen LogP) is 15.4. The summed E-state index contributed by atoms with van der Waals surface area (Å²) in [5.74, 6) is 4.11. The van der Waals surface area contributed by atoms with Crippen molar-refractivity contribution in [1.82, 2.24) is 0 Å². The minimum absolute atomic E-state index is 0.139. The Morgan fingerprint density at radius 3 is 0.744 bits per heavy atom. The number of epoxide rings is 4. The maximum Gasteiger partial charge on any atom is 0.126 e. The van der Waals surface area contributed by atoms with E-state index in [0.717, 1.165) is 123 Å². The van der Waals surface area contributed by atoms with Crippen molar-refractivity contribution in [2.75, 3.05) is 52.9 Å². The summed E-state index contributed by atoms with van der Waals surface area (Å²) in [6.07, 6.45) is 25.2. The molecule has 424 valence electrons. The fourth-order valence-electron chi connectivity index (χ4n) is 10.3. The van der Waals surface area contributed by atoms with Crippen LogP contribution in [0.2, 0.25) is 0 Å². The quantitative estimate of drug-likeness (QED) is 0.0329. The molecule has 78 heavy (non-hydrogen) atoms. The zero-order valence-corrected chi connectivity index (χ0v) is 49.3. The molecule has 4 unspecified atom stereocenters. The second-order valence-corrected chi connectivity index (χ2v) is 23.2. The van der Waals surface area contributed by atoms with Crippen LogP contribution in [0.5, 0.6) is 23.0 Å². The molecule has 0 spiro atoms. The second kappa shape index (κ2) is 29.4. The lowest BCUT2D eigenvalue weighted by atomic mass is 9.75. The third-order valence-electron chi connectivity index (χ3n) is 15.8. The van der Waals surface area contributed by atoms with Crippen molar-refractivity contribution in [3.8, 4) is 23.0 Å². The van der Waals surface area contributed by atoms with Crippen LogP contribution < -0.4 is 18.9 Å². The van der Waals surface area contributed by atoms with Crippen LogP contribution in [0.4, 0.5) is 0 Å². The van der Waals surface area contributed by atoms with Gasteiger partial charge in [0.15, 0.2) is 0 Å². The zero-order chi connectivity index (χ0) is 55.7. The van der Waals surface area contributed by atoms with Crippen LogP contribution in [-0.2, 0) is 81.1 Å². The van der Waals surface area contributed by atoms with Gasteiger partial charge >= 0.3 is 0 Å². The molecule has 0 amide bonds. The summed E-state index contributed by atoms with van der Waals surface area (Å²) < 4.78 is 47.3. The fraction of sp³-hybridized carbons (Fsp3) is 0.543. The Hall–Kier alpha value is -5.12. The average Bonchev–Trinajstić information content (AvgIpc) is 4.23. The van der Waals surface area contributed by atoms with E-state index in [4.69, 9.17) is 37.9 Å². The Balaban J connectivity index is 0.000000227. The minimum atomic E-state index is -0.270. The number of rotatable bonds is 36. The molecule has 4 saturated heterocycles. The van der Waals surface area contributed by atoms with Crippen LogP contribution in [0.25, 0.3) is 0 Å². The highest BCUT2D eigenvalue weighted by atomic mass is 16.6. The molecule has 4 aliphatic heterocycles. The van der Waals surface area contributed by atoms with Crippen molar-refractivity contribution in [3.05, 3.63) is 166 Å². The summed E-state index contributed by atoms with van der Waals surface area (Å²) in [5.41, 5.74) is 14.9. The van der Waals surface area contributed by atoms with Gasteiger partial charge in [0.1, 0.15) is 73.8 Å². The summed E-state index contributed by atoms with van der Waals surface area (Å²) in [5, 5.41) is 0. The molecular formula is C70H96O8. The molecule has 0 N–H and O–H groups in total. The monoisotopic (exact) mass is 1060 g/mol. The summed E-state index contributed by atoms with van der Waals surface area (Å²) in [7, 11) is 0. The maximum atomic E-state index is 6.50. The summed E-state index contributed by atoms with van der Waals surface area (Å²) >= 11 is 0. The summed E-state index contributed by atoms with van der Waals surface area (Å²) in [6, 6.07) is 18.9. The molecule has 4 atom stereocenters. The van der Waals surface area contributed by atoms with E-state index >= 15 is 0 Å². The number of allylic oxidation sites excluding steroid dienone is 4. The van der Waals surface area contributed by atoms with Gasteiger partial charge in [0, 0.05) is 10.8 Å². The molecule has 4 aromatic carbocycles. The fourth-order valence-corrected chi connectivity index (χ4v) is 10.3. The Kier molecular flexibility index (Phi) is 22.8. The number of aryl methyl sites for hydroxylation is 4. The van der Waals surface area contributed by atoms with Gasteiger partial charge in [-0.15, -0.1) is 26.3 Å². The first-order valence-electron chi connectivity index (χ1n) is 29.9. The highest BCUT2D eigenvalue weighted by molar-refractivity contribution is 5.56. The van der Waals surface area contributed by atoms with E-state index in [1.165, 1.54) is 95.9 Å². The molecule has 4 fully saturated rings. The Labute approximate surface area is 471 Å². The van der Waals surface area contributed by atoms with Crippen molar-refractivity contribution in [2.24, 2.45) is 0 Å². The van der Waals surface area contributed by atoms with Crippen molar-refractivity contribution >= 4 is 0 Å². The molecule has 4 aromatic rings.